The summed E-state index contributed by atoms with van der Waals surface area (Å²) >= 11 is 24.9. The molecular weight excluding hydrogens is 442 g/mol. The van der Waals surface area contributed by atoms with Gasteiger partial charge in [0.25, 0.3) is 0 Å². The van der Waals surface area contributed by atoms with Gasteiger partial charge in [-0.25, -0.2) is 0 Å². The highest BCUT2D eigenvalue weighted by Gasteiger charge is 2.25. The van der Waals surface area contributed by atoms with Gasteiger partial charge in [0.15, 0.2) is 23.0 Å². The summed E-state index contributed by atoms with van der Waals surface area (Å²) in [6.07, 6.45) is 0. The first kappa shape index (κ1) is 13.8. The number of rotatable bonds is 0. The van der Waals surface area contributed by atoms with Crippen LogP contribution in [-0.2, 0) is 0 Å². The van der Waals surface area contributed by atoms with Crippen LogP contribution in [0.25, 0.3) is 0 Å². The van der Waals surface area contributed by atoms with Crippen molar-refractivity contribution in [2.24, 2.45) is 0 Å². The molecule has 0 atom stereocenters. The van der Waals surface area contributed by atoms with Gasteiger partial charge in [0.05, 0.1) is 14.5 Å². The Hall–Kier alpha value is -0.130. The summed E-state index contributed by atoms with van der Waals surface area (Å²) in [4.78, 5) is 0. The van der Waals surface area contributed by atoms with Crippen LogP contribution < -0.4 is 9.47 Å². The quantitative estimate of drug-likeness (QED) is 0.345. The topological polar surface area (TPSA) is 18.5 Å². The zero-order valence-electron chi connectivity index (χ0n) is 8.94. The molecule has 0 spiro atoms. The van der Waals surface area contributed by atoms with Gasteiger partial charge in [0, 0.05) is 22.7 Å². The van der Waals surface area contributed by atoms with Gasteiger partial charge in [-0.05, 0) is 31.9 Å². The number of fused-ring (bicyclic) bond motifs is 2. The molecule has 2 aromatic carbocycles. The van der Waals surface area contributed by atoms with Gasteiger partial charge in [0.1, 0.15) is 5.02 Å². The Balaban J connectivity index is 2.17. The first-order valence-electron chi connectivity index (χ1n) is 4.99. The van der Waals surface area contributed by atoms with Crippen molar-refractivity contribution in [2.45, 2.75) is 0 Å². The molecule has 1 aliphatic rings. The molecule has 0 fully saturated rings. The average Bonchev–Trinajstić information content (AvgIpc) is 2.37. The monoisotopic (exact) mass is 442 g/mol. The van der Waals surface area contributed by atoms with Crippen LogP contribution >= 0.6 is 66.7 Å². The molecule has 7 heteroatoms. The molecule has 0 saturated carbocycles. The first-order valence-corrected chi connectivity index (χ1v) is 7.71. The van der Waals surface area contributed by atoms with Crippen molar-refractivity contribution in [3.05, 3.63) is 42.2 Å². The number of halogens is 5. The van der Waals surface area contributed by atoms with Crippen LogP contribution in [-0.4, -0.2) is 0 Å². The highest BCUT2D eigenvalue weighted by Crippen LogP contribution is 2.53. The van der Waals surface area contributed by atoms with Crippen molar-refractivity contribution in [3.63, 3.8) is 0 Å². The minimum atomic E-state index is 0.360. The maximum atomic E-state index is 6.18. The molecule has 0 unspecified atom stereocenters. The molecule has 0 N–H and O–H groups in total. The predicted octanol–water partition coefficient (Wildman–Crippen LogP) is 7.07. The van der Waals surface area contributed by atoms with Gasteiger partial charge in [-0.15, -0.1) is 0 Å². The zero-order chi connectivity index (χ0) is 13.7. The van der Waals surface area contributed by atoms with Crippen LogP contribution in [0.1, 0.15) is 0 Å². The third kappa shape index (κ3) is 2.34. The maximum Gasteiger partial charge on any atom is 0.189 e. The minimum Gasteiger partial charge on any atom is -0.449 e. The lowest BCUT2D eigenvalue weighted by Gasteiger charge is -2.22. The second-order valence-electron chi connectivity index (χ2n) is 3.73. The van der Waals surface area contributed by atoms with Gasteiger partial charge < -0.3 is 9.47 Å². The van der Waals surface area contributed by atoms with Crippen LogP contribution in [0.3, 0.4) is 0 Å². The van der Waals surface area contributed by atoms with Crippen molar-refractivity contribution in [2.75, 3.05) is 0 Å². The van der Waals surface area contributed by atoms with E-state index in [9.17, 15) is 0 Å². The smallest absolute Gasteiger partial charge is 0.189 e. The molecular formula is C12H3Br2Cl3O2. The third-order valence-corrected chi connectivity index (χ3v) is 5.64. The largest absolute Gasteiger partial charge is 0.449 e. The number of benzene rings is 2. The molecule has 19 heavy (non-hydrogen) atoms. The molecule has 0 bridgehead atoms. The van der Waals surface area contributed by atoms with Crippen LogP contribution in [0.4, 0.5) is 0 Å². The fraction of sp³-hybridized carbons (Fsp3) is 0. The van der Waals surface area contributed by atoms with Crippen LogP contribution in [0.15, 0.2) is 27.1 Å². The normalized spacial score (nSPS) is 12.3. The molecule has 2 nitrogen and oxygen atoms in total. The molecule has 1 aliphatic heterocycles. The summed E-state index contributed by atoms with van der Waals surface area (Å²) in [5, 5.41) is 1.33. The van der Waals surface area contributed by atoms with Crippen molar-refractivity contribution >= 4 is 66.7 Å². The fourth-order valence-electron chi connectivity index (χ4n) is 1.63. The van der Waals surface area contributed by atoms with Gasteiger partial charge in [0.2, 0.25) is 0 Å². The molecule has 1 heterocycles. The first-order chi connectivity index (χ1) is 8.97. The van der Waals surface area contributed by atoms with E-state index in [1.54, 1.807) is 18.2 Å². The van der Waals surface area contributed by atoms with Crippen molar-refractivity contribution in [1.82, 2.24) is 0 Å². The van der Waals surface area contributed by atoms with E-state index in [1.807, 2.05) is 0 Å². The Morgan fingerprint density at radius 1 is 0.789 bits per heavy atom. The van der Waals surface area contributed by atoms with E-state index in [1.165, 1.54) is 0 Å². The molecule has 2 aromatic rings. The SMILES string of the molecule is Clc1cc2c(cc1Br)Oc1c(cc(Cl)c(Br)c1Cl)O2. The Morgan fingerprint density at radius 3 is 2.16 bits per heavy atom. The Labute approximate surface area is 140 Å². The third-order valence-electron chi connectivity index (χ3n) is 2.50. The van der Waals surface area contributed by atoms with Gasteiger partial charge in [-0.1, -0.05) is 34.8 Å². The summed E-state index contributed by atoms with van der Waals surface area (Å²) < 4.78 is 12.7. The zero-order valence-corrected chi connectivity index (χ0v) is 14.4. The lowest BCUT2D eigenvalue weighted by atomic mass is 10.2. The van der Waals surface area contributed by atoms with Gasteiger partial charge >= 0.3 is 0 Å². The molecule has 0 aromatic heterocycles. The van der Waals surface area contributed by atoms with E-state index in [0.29, 0.717) is 47.0 Å². The Morgan fingerprint density at radius 2 is 1.42 bits per heavy atom. The second kappa shape index (κ2) is 5.01. The summed E-state index contributed by atoms with van der Waals surface area (Å²) in [7, 11) is 0. The van der Waals surface area contributed by atoms with Crippen molar-refractivity contribution in [3.8, 4) is 23.0 Å². The van der Waals surface area contributed by atoms with Crippen LogP contribution in [0, 0.1) is 0 Å². The highest BCUT2D eigenvalue weighted by atomic mass is 79.9. The van der Waals surface area contributed by atoms with E-state index in [0.717, 1.165) is 0 Å². The standard InChI is InChI=1S/C12H3Br2Cl3O2/c13-4-1-7-8(2-5(4)15)18-9-3-6(16)10(14)11(17)12(9)19-7/h1-3H. The fourth-order valence-corrected chi connectivity index (χ4v) is 2.87. The average molecular weight is 445 g/mol. The van der Waals surface area contributed by atoms with Crippen LogP contribution in [0.5, 0.6) is 23.0 Å². The number of hydrogen-bond donors (Lipinski definition) is 0. The lowest BCUT2D eigenvalue weighted by Crippen LogP contribution is -2.00. The molecule has 3 rings (SSSR count). The number of ether oxygens (including phenoxy) is 2. The maximum absolute atomic E-state index is 6.18. The van der Waals surface area contributed by atoms with E-state index >= 15 is 0 Å². The van der Waals surface area contributed by atoms with E-state index < -0.39 is 0 Å². The predicted molar refractivity (Wildman–Crippen MR) is 83.5 cm³/mol. The molecule has 0 radical (unpaired) electrons. The summed E-state index contributed by atoms with van der Waals surface area (Å²) in [5.41, 5.74) is 0. The summed E-state index contributed by atoms with van der Waals surface area (Å²) in [6, 6.07) is 5.01. The highest BCUT2D eigenvalue weighted by molar-refractivity contribution is 9.11. The summed E-state index contributed by atoms with van der Waals surface area (Å²) in [6.45, 7) is 0. The van der Waals surface area contributed by atoms with Crippen molar-refractivity contribution in [1.29, 1.82) is 0 Å². The molecule has 0 saturated heterocycles. The molecule has 0 amide bonds. The number of hydrogen-bond acceptors (Lipinski definition) is 2. The Kier molecular flexibility index (Phi) is 3.65. The van der Waals surface area contributed by atoms with E-state index in [2.05, 4.69) is 31.9 Å². The van der Waals surface area contributed by atoms with Crippen molar-refractivity contribution < 1.29 is 9.47 Å². The second-order valence-corrected chi connectivity index (χ2v) is 6.57. The minimum absolute atomic E-state index is 0.360. The van der Waals surface area contributed by atoms with E-state index in [-0.39, 0.29) is 0 Å². The van der Waals surface area contributed by atoms with Gasteiger partial charge in [-0.3, -0.25) is 0 Å². The van der Waals surface area contributed by atoms with Gasteiger partial charge in [-0.2, -0.15) is 0 Å². The molecule has 98 valence electrons. The lowest BCUT2D eigenvalue weighted by molar-refractivity contribution is 0.359. The summed E-state index contributed by atoms with van der Waals surface area (Å²) in [5.74, 6) is 1.90. The Bertz CT molecular complexity index is 704. The van der Waals surface area contributed by atoms with Crippen LogP contribution in [0.2, 0.25) is 15.1 Å². The molecule has 0 aliphatic carbocycles. The van der Waals surface area contributed by atoms with E-state index in [4.69, 9.17) is 44.3 Å².